The summed E-state index contributed by atoms with van der Waals surface area (Å²) in [6, 6.07) is 5.55. The van der Waals surface area contributed by atoms with Gasteiger partial charge >= 0.3 is 0 Å². The lowest BCUT2D eigenvalue weighted by Crippen LogP contribution is -2.15. The van der Waals surface area contributed by atoms with Gasteiger partial charge in [-0.15, -0.1) is 22.7 Å². The number of imidazole rings is 1. The second-order valence-electron chi connectivity index (χ2n) is 5.22. The van der Waals surface area contributed by atoms with Crippen LogP contribution in [0.15, 0.2) is 35.2 Å². The lowest BCUT2D eigenvalue weighted by Gasteiger charge is -2.04. The van der Waals surface area contributed by atoms with Gasteiger partial charge in [0.2, 0.25) is 0 Å². The lowest BCUT2D eigenvalue weighted by atomic mass is 10.3. The number of thiazole rings is 1. The number of carbonyl (C=O) groups excluding carboxylic acids is 1. The zero-order chi connectivity index (χ0) is 17.6. The summed E-state index contributed by atoms with van der Waals surface area (Å²) >= 11 is 15.2. The summed E-state index contributed by atoms with van der Waals surface area (Å²) < 4.78 is 1.60. The van der Waals surface area contributed by atoms with Crippen LogP contribution in [0.5, 0.6) is 0 Å². The highest BCUT2D eigenvalue weighted by Crippen LogP contribution is 2.29. The van der Waals surface area contributed by atoms with Gasteiger partial charge in [0.25, 0.3) is 5.91 Å². The zero-order valence-electron chi connectivity index (χ0n) is 12.8. The van der Waals surface area contributed by atoms with Crippen LogP contribution in [0.4, 0.5) is 5.13 Å². The fraction of sp³-hybridized carbons (Fsp3) is 0.0625. The maximum Gasteiger partial charge on any atom is 0.276 e. The predicted octanol–water partition coefficient (Wildman–Crippen LogP) is 5.39. The summed E-state index contributed by atoms with van der Waals surface area (Å²) in [5.41, 5.74) is 2.28. The minimum atomic E-state index is -0.310. The molecule has 4 rings (SSSR count). The number of aromatic nitrogens is 3. The molecular formula is C16H10Cl2N4OS2. The molecule has 5 nitrogen and oxygen atoms in total. The molecule has 126 valence electrons. The quantitative estimate of drug-likeness (QED) is 0.494. The number of nitrogens with zero attached hydrogens (tertiary/aromatic N) is 3. The summed E-state index contributed by atoms with van der Waals surface area (Å²) in [4.78, 5) is 22.6. The third-order valence-electron chi connectivity index (χ3n) is 3.53. The highest BCUT2D eigenvalue weighted by Gasteiger charge is 2.20. The van der Waals surface area contributed by atoms with Gasteiger partial charge in [0, 0.05) is 11.6 Å². The largest absolute Gasteiger partial charge is 0.296 e. The summed E-state index contributed by atoms with van der Waals surface area (Å²) in [6.45, 7) is 1.76. The van der Waals surface area contributed by atoms with Gasteiger partial charge in [-0.2, -0.15) is 0 Å². The Morgan fingerprint density at radius 3 is 2.88 bits per heavy atom. The molecule has 0 aliphatic rings. The van der Waals surface area contributed by atoms with Gasteiger partial charge in [0.05, 0.1) is 26.3 Å². The number of hydrogen-bond donors (Lipinski definition) is 1. The number of amides is 1. The number of fused-ring (bicyclic) bond motifs is 1. The predicted molar refractivity (Wildman–Crippen MR) is 103 cm³/mol. The number of halogens is 2. The minimum absolute atomic E-state index is 0.310. The van der Waals surface area contributed by atoms with Crippen molar-refractivity contribution in [2.75, 3.05) is 5.32 Å². The SMILES string of the molecule is Cc1nc2c(Cl)cc(Cl)cn2c1C(=O)Nc1nc(-c2cccs2)cs1. The molecular weight excluding hydrogens is 399 g/mol. The average Bonchev–Trinajstić information content (AvgIpc) is 3.25. The number of rotatable bonds is 3. The Kier molecular flexibility index (Phi) is 4.24. The molecule has 0 spiro atoms. The molecule has 1 amide bonds. The van der Waals surface area contributed by atoms with Gasteiger partial charge in [0.1, 0.15) is 5.69 Å². The zero-order valence-corrected chi connectivity index (χ0v) is 15.9. The van der Waals surface area contributed by atoms with Crippen molar-refractivity contribution in [2.45, 2.75) is 6.92 Å². The number of pyridine rings is 1. The van der Waals surface area contributed by atoms with Crippen molar-refractivity contribution in [3.8, 4) is 10.6 Å². The van der Waals surface area contributed by atoms with Gasteiger partial charge in [-0.25, -0.2) is 9.97 Å². The normalized spacial score (nSPS) is 11.2. The second-order valence-corrected chi connectivity index (χ2v) is 7.86. The van der Waals surface area contributed by atoms with E-state index in [-0.39, 0.29) is 5.91 Å². The van der Waals surface area contributed by atoms with E-state index in [0.29, 0.717) is 32.2 Å². The van der Waals surface area contributed by atoms with Crippen molar-refractivity contribution < 1.29 is 4.79 Å². The van der Waals surface area contributed by atoms with E-state index in [1.807, 2.05) is 22.9 Å². The number of carbonyl (C=O) groups is 1. The molecule has 0 aromatic carbocycles. The van der Waals surface area contributed by atoms with Crippen molar-refractivity contribution in [3.05, 3.63) is 56.6 Å². The van der Waals surface area contributed by atoms with E-state index in [9.17, 15) is 4.79 Å². The van der Waals surface area contributed by atoms with Crippen LogP contribution < -0.4 is 5.32 Å². The van der Waals surface area contributed by atoms with E-state index in [1.165, 1.54) is 11.3 Å². The fourth-order valence-corrected chi connectivity index (χ4v) is 4.46. The molecule has 0 aliphatic heterocycles. The van der Waals surface area contributed by atoms with Crippen LogP contribution in [0.25, 0.3) is 16.2 Å². The van der Waals surface area contributed by atoms with Crippen LogP contribution in [0.1, 0.15) is 16.2 Å². The fourth-order valence-electron chi connectivity index (χ4n) is 2.48. The molecule has 0 bridgehead atoms. The van der Waals surface area contributed by atoms with Crippen LogP contribution >= 0.6 is 45.9 Å². The lowest BCUT2D eigenvalue weighted by molar-refractivity contribution is 0.102. The van der Waals surface area contributed by atoms with Crippen LogP contribution in [-0.4, -0.2) is 20.3 Å². The molecule has 0 radical (unpaired) electrons. The number of hydrogen-bond acceptors (Lipinski definition) is 5. The molecule has 0 saturated heterocycles. The highest BCUT2D eigenvalue weighted by atomic mass is 35.5. The third kappa shape index (κ3) is 3.04. The Hall–Kier alpha value is -1.93. The highest BCUT2D eigenvalue weighted by molar-refractivity contribution is 7.16. The summed E-state index contributed by atoms with van der Waals surface area (Å²) in [7, 11) is 0. The van der Waals surface area contributed by atoms with E-state index in [4.69, 9.17) is 23.2 Å². The van der Waals surface area contributed by atoms with Crippen LogP contribution in [0.2, 0.25) is 10.0 Å². The molecule has 25 heavy (non-hydrogen) atoms. The number of anilines is 1. The van der Waals surface area contributed by atoms with Crippen LogP contribution in [0.3, 0.4) is 0 Å². The topological polar surface area (TPSA) is 59.3 Å². The van der Waals surface area contributed by atoms with E-state index >= 15 is 0 Å². The summed E-state index contributed by atoms with van der Waals surface area (Å²) in [6.07, 6.45) is 1.62. The van der Waals surface area contributed by atoms with Gasteiger partial charge in [-0.05, 0) is 24.4 Å². The average molecular weight is 409 g/mol. The first-order valence-electron chi connectivity index (χ1n) is 7.17. The Labute approximate surface area is 160 Å². The Bertz CT molecular complexity index is 1090. The molecule has 0 unspecified atom stereocenters. The van der Waals surface area contributed by atoms with Gasteiger partial charge in [-0.1, -0.05) is 29.3 Å². The molecule has 1 N–H and O–H groups in total. The van der Waals surface area contributed by atoms with E-state index in [0.717, 1.165) is 10.6 Å². The van der Waals surface area contributed by atoms with Crippen LogP contribution in [0, 0.1) is 6.92 Å². The molecule has 0 atom stereocenters. The first kappa shape index (κ1) is 16.5. The maximum atomic E-state index is 12.7. The van der Waals surface area contributed by atoms with Crippen molar-refractivity contribution in [1.82, 2.24) is 14.4 Å². The van der Waals surface area contributed by atoms with Crippen LogP contribution in [-0.2, 0) is 0 Å². The smallest absolute Gasteiger partial charge is 0.276 e. The van der Waals surface area contributed by atoms with Gasteiger partial charge in [0.15, 0.2) is 10.8 Å². The van der Waals surface area contributed by atoms with Crippen molar-refractivity contribution in [3.63, 3.8) is 0 Å². The molecule has 0 aliphatic carbocycles. The Morgan fingerprint density at radius 1 is 1.28 bits per heavy atom. The van der Waals surface area contributed by atoms with E-state index in [1.54, 1.807) is 34.9 Å². The van der Waals surface area contributed by atoms with Crippen molar-refractivity contribution in [1.29, 1.82) is 0 Å². The van der Waals surface area contributed by atoms with Crippen molar-refractivity contribution in [2.24, 2.45) is 0 Å². The molecule has 0 saturated carbocycles. The number of nitrogens with one attached hydrogen (secondary N) is 1. The molecule has 4 heterocycles. The first-order chi connectivity index (χ1) is 12.0. The maximum absolute atomic E-state index is 12.7. The Balaban J connectivity index is 1.68. The second kappa shape index (κ2) is 6.42. The van der Waals surface area contributed by atoms with Gasteiger partial charge < -0.3 is 0 Å². The molecule has 4 aromatic heterocycles. The minimum Gasteiger partial charge on any atom is -0.296 e. The molecule has 9 heteroatoms. The third-order valence-corrected chi connectivity index (χ3v) is 5.66. The Morgan fingerprint density at radius 2 is 2.12 bits per heavy atom. The number of thiophene rings is 1. The standard InChI is InChI=1S/C16H10Cl2N4OS2/c1-8-13(22-6-9(17)5-10(18)14(22)19-8)15(23)21-16-20-11(7-25-16)12-3-2-4-24-12/h2-7H,1H3,(H,20,21,23). The molecule has 0 fully saturated rings. The van der Waals surface area contributed by atoms with E-state index in [2.05, 4.69) is 15.3 Å². The molecule has 4 aromatic rings. The van der Waals surface area contributed by atoms with E-state index < -0.39 is 0 Å². The number of aryl methyl sites for hydroxylation is 1. The first-order valence-corrected chi connectivity index (χ1v) is 9.69. The monoisotopic (exact) mass is 408 g/mol. The van der Waals surface area contributed by atoms with Gasteiger partial charge in [-0.3, -0.25) is 14.5 Å². The van der Waals surface area contributed by atoms with Crippen molar-refractivity contribution >= 4 is 62.6 Å². The summed E-state index contributed by atoms with van der Waals surface area (Å²) in [5, 5.41) is 8.07. The summed E-state index contributed by atoms with van der Waals surface area (Å²) in [5.74, 6) is -0.310.